The monoisotopic (exact) mass is 427 g/mol. The van der Waals surface area contributed by atoms with E-state index >= 15 is 0 Å². The van der Waals surface area contributed by atoms with Crippen molar-refractivity contribution in [1.29, 1.82) is 0 Å². The largest absolute Gasteiger partial charge is 0.385 e. The Labute approximate surface area is 188 Å². The number of rotatable bonds is 8. The number of carbonyl (C=O) groups is 1. The molecule has 0 bridgehead atoms. The molecule has 1 heterocycles. The lowest BCUT2D eigenvalue weighted by Gasteiger charge is -2.27. The number of hydrogen-bond acceptors (Lipinski definition) is 4. The molecule has 1 fully saturated rings. The summed E-state index contributed by atoms with van der Waals surface area (Å²) < 4.78 is 0. The quantitative estimate of drug-likeness (QED) is 0.577. The van der Waals surface area contributed by atoms with Crippen molar-refractivity contribution in [3.63, 3.8) is 0 Å². The van der Waals surface area contributed by atoms with Crippen molar-refractivity contribution >= 4 is 11.6 Å². The number of aryl methyl sites for hydroxylation is 1. The Kier molecular flexibility index (Phi) is 10.6. The highest BCUT2D eigenvalue weighted by atomic mass is 16.1. The second kappa shape index (κ2) is 13.2. The van der Waals surface area contributed by atoms with Gasteiger partial charge in [0, 0.05) is 49.2 Å². The molecule has 2 aromatic rings. The van der Waals surface area contributed by atoms with E-state index in [1.54, 1.807) is 12.4 Å². The van der Waals surface area contributed by atoms with Gasteiger partial charge < -0.3 is 20.5 Å². The zero-order chi connectivity index (χ0) is 22.6. The van der Waals surface area contributed by atoms with Crippen molar-refractivity contribution < 1.29 is 4.79 Å². The first-order valence-electron chi connectivity index (χ1n) is 11.8. The van der Waals surface area contributed by atoms with E-state index < -0.39 is 0 Å². The molecule has 0 radical (unpaired) electrons. The third kappa shape index (κ3) is 8.02. The smallest absolute Gasteiger partial charge is 0.251 e. The predicted octanol–water partition coefficient (Wildman–Crippen LogP) is 4.57. The molecular formula is C25H41N5O. The summed E-state index contributed by atoms with van der Waals surface area (Å²) in [5.74, 6) is 0.853. The zero-order valence-electron chi connectivity index (χ0n) is 20.1. The van der Waals surface area contributed by atoms with Crippen molar-refractivity contribution in [2.45, 2.75) is 71.8 Å². The number of aromatic amines is 1. The first-order chi connectivity index (χ1) is 15.0. The van der Waals surface area contributed by atoms with E-state index in [0.717, 1.165) is 47.2 Å². The van der Waals surface area contributed by atoms with Crippen molar-refractivity contribution in [3.05, 3.63) is 47.0 Å². The summed E-state index contributed by atoms with van der Waals surface area (Å²) in [6.45, 7) is 7.55. The number of amides is 1. The van der Waals surface area contributed by atoms with Crippen LogP contribution in [-0.4, -0.2) is 54.0 Å². The van der Waals surface area contributed by atoms with Crippen LogP contribution in [0.1, 0.15) is 73.3 Å². The van der Waals surface area contributed by atoms with Gasteiger partial charge in [-0.05, 0) is 70.5 Å². The summed E-state index contributed by atoms with van der Waals surface area (Å²) in [5.41, 5.74) is 3.94. The maximum atomic E-state index is 12.4. The normalized spacial score (nSPS) is 14.1. The Bertz CT molecular complexity index is 779. The molecule has 6 nitrogen and oxygen atoms in total. The number of hydrogen-bond donors (Lipinski definition) is 3. The lowest BCUT2D eigenvalue weighted by molar-refractivity contribution is 0.0953. The summed E-state index contributed by atoms with van der Waals surface area (Å²) >= 11 is 0. The molecule has 1 saturated carbocycles. The highest BCUT2D eigenvalue weighted by molar-refractivity contribution is 5.97. The first-order valence-corrected chi connectivity index (χ1v) is 11.8. The number of imidazole rings is 1. The van der Waals surface area contributed by atoms with Gasteiger partial charge in [-0.1, -0.05) is 26.2 Å². The average Bonchev–Trinajstić information content (AvgIpc) is 3.30. The van der Waals surface area contributed by atoms with Crippen LogP contribution >= 0.6 is 0 Å². The topological polar surface area (TPSA) is 73.0 Å². The van der Waals surface area contributed by atoms with E-state index in [-0.39, 0.29) is 5.91 Å². The number of anilines is 1. The van der Waals surface area contributed by atoms with E-state index in [4.69, 9.17) is 0 Å². The van der Waals surface area contributed by atoms with Gasteiger partial charge in [-0.15, -0.1) is 0 Å². The van der Waals surface area contributed by atoms with Crippen molar-refractivity contribution in [3.8, 4) is 0 Å². The fraction of sp³-hybridized carbons (Fsp3) is 0.600. The summed E-state index contributed by atoms with van der Waals surface area (Å²) in [7, 11) is 4.38. The molecule has 31 heavy (non-hydrogen) atoms. The number of benzene rings is 1. The molecule has 0 unspecified atom stereocenters. The van der Waals surface area contributed by atoms with Gasteiger partial charge in [-0.2, -0.15) is 0 Å². The summed E-state index contributed by atoms with van der Waals surface area (Å²) in [5, 5.41) is 6.30. The number of aromatic nitrogens is 2. The minimum Gasteiger partial charge on any atom is -0.385 e. The predicted molar refractivity (Wildman–Crippen MR) is 130 cm³/mol. The summed E-state index contributed by atoms with van der Waals surface area (Å²) in [4.78, 5) is 22.0. The van der Waals surface area contributed by atoms with Gasteiger partial charge in [0.05, 0.1) is 0 Å². The third-order valence-electron chi connectivity index (χ3n) is 5.99. The molecule has 3 rings (SSSR count). The van der Waals surface area contributed by atoms with Gasteiger partial charge in [-0.25, -0.2) is 4.98 Å². The molecule has 6 heteroatoms. The van der Waals surface area contributed by atoms with Crippen LogP contribution in [0.3, 0.4) is 0 Å². The second-order valence-corrected chi connectivity index (χ2v) is 8.50. The Balaban J connectivity index is 0.000000316. The van der Waals surface area contributed by atoms with Gasteiger partial charge in [0.1, 0.15) is 5.82 Å². The molecule has 1 aromatic carbocycles. The molecule has 1 aliphatic carbocycles. The van der Waals surface area contributed by atoms with Crippen LogP contribution in [0.25, 0.3) is 0 Å². The molecular weight excluding hydrogens is 386 g/mol. The Morgan fingerprint density at radius 3 is 2.48 bits per heavy atom. The van der Waals surface area contributed by atoms with Crippen LogP contribution in [-0.2, 0) is 12.8 Å². The van der Waals surface area contributed by atoms with E-state index in [0.29, 0.717) is 13.0 Å². The number of nitrogens with one attached hydrogen (secondary N) is 3. The molecule has 1 aliphatic rings. The van der Waals surface area contributed by atoms with Crippen LogP contribution in [0.5, 0.6) is 0 Å². The fourth-order valence-electron chi connectivity index (χ4n) is 4.01. The molecule has 0 aliphatic heterocycles. The minimum absolute atomic E-state index is 0.0292. The Morgan fingerprint density at radius 2 is 1.94 bits per heavy atom. The first kappa shape index (κ1) is 24.9. The summed E-state index contributed by atoms with van der Waals surface area (Å²) in [6, 6.07) is 5.00. The highest BCUT2D eigenvalue weighted by Gasteiger charge is 2.14. The molecule has 1 amide bonds. The molecule has 3 N–H and O–H groups in total. The van der Waals surface area contributed by atoms with Gasteiger partial charge >= 0.3 is 0 Å². The van der Waals surface area contributed by atoms with Gasteiger partial charge in [0.2, 0.25) is 0 Å². The van der Waals surface area contributed by atoms with E-state index in [2.05, 4.69) is 59.5 Å². The number of carbonyl (C=O) groups excluding carboxylic acids is 1. The van der Waals surface area contributed by atoms with Crippen molar-refractivity contribution in [2.24, 2.45) is 0 Å². The van der Waals surface area contributed by atoms with E-state index in [1.165, 1.54) is 32.1 Å². The third-order valence-corrected chi connectivity index (χ3v) is 5.99. The van der Waals surface area contributed by atoms with Gasteiger partial charge in [0.15, 0.2) is 0 Å². The van der Waals surface area contributed by atoms with Crippen molar-refractivity contribution in [1.82, 2.24) is 20.2 Å². The fourth-order valence-corrected chi connectivity index (χ4v) is 4.01. The average molecular weight is 428 g/mol. The Morgan fingerprint density at radius 1 is 1.19 bits per heavy atom. The van der Waals surface area contributed by atoms with Crippen LogP contribution in [0, 0.1) is 6.92 Å². The molecule has 0 spiro atoms. The zero-order valence-corrected chi connectivity index (χ0v) is 20.1. The van der Waals surface area contributed by atoms with Gasteiger partial charge in [-0.3, -0.25) is 4.79 Å². The van der Waals surface area contributed by atoms with Crippen LogP contribution < -0.4 is 10.6 Å². The maximum absolute atomic E-state index is 12.4. The molecule has 0 saturated heterocycles. The Hall–Kier alpha value is -2.34. The maximum Gasteiger partial charge on any atom is 0.251 e. The summed E-state index contributed by atoms with van der Waals surface area (Å²) in [6.07, 6.45) is 12.3. The number of nitrogens with zero attached hydrogens (tertiary/aromatic N) is 2. The second-order valence-electron chi connectivity index (χ2n) is 8.50. The van der Waals surface area contributed by atoms with E-state index in [9.17, 15) is 4.79 Å². The standard InChI is InChI=1S/C17H24N4O.C8H17N/c1-4-13-10-14(12(3)15(11-13)18-5-2)17(22)21-7-6-16-19-8-9-20-16;1-9(2)8-6-4-3-5-7-8/h8-11,18H,4-7H2,1-3H3,(H,19,20)(H,21,22);8H,3-7H2,1-2H3. The van der Waals surface area contributed by atoms with Gasteiger partial charge in [0.25, 0.3) is 5.91 Å². The lowest BCUT2D eigenvalue weighted by Crippen LogP contribution is -2.29. The van der Waals surface area contributed by atoms with Crippen LogP contribution in [0.15, 0.2) is 24.5 Å². The minimum atomic E-state index is -0.0292. The molecule has 1 aromatic heterocycles. The lowest BCUT2D eigenvalue weighted by atomic mass is 9.95. The SMILES string of the molecule is CCNc1cc(CC)cc(C(=O)NCCc2ncc[nH]2)c1C.CN(C)C1CCCCC1. The number of H-pyrrole nitrogens is 1. The van der Waals surface area contributed by atoms with E-state index in [1.807, 2.05) is 13.0 Å². The van der Waals surface area contributed by atoms with Crippen LogP contribution in [0.2, 0.25) is 0 Å². The molecule has 172 valence electrons. The van der Waals surface area contributed by atoms with Crippen molar-refractivity contribution in [2.75, 3.05) is 32.5 Å². The van der Waals surface area contributed by atoms with Crippen LogP contribution in [0.4, 0.5) is 5.69 Å². The highest BCUT2D eigenvalue weighted by Crippen LogP contribution is 2.22. The molecule has 0 atom stereocenters.